The lowest BCUT2D eigenvalue weighted by molar-refractivity contribution is 0.627. The Hall–Kier alpha value is -1.52. The van der Waals surface area contributed by atoms with Gasteiger partial charge in [-0.1, -0.05) is 30.3 Å². The van der Waals surface area contributed by atoms with Gasteiger partial charge in [0.05, 0.1) is 10.7 Å². The van der Waals surface area contributed by atoms with E-state index in [1.165, 1.54) is 12.1 Å². The third kappa shape index (κ3) is 5.23. The molecule has 20 heavy (non-hydrogen) atoms. The van der Waals surface area contributed by atoms with E-state index in [1.54, 1.807) is 23.9 Å². The number of benzene rings is 2. The van der Waals surface area contributed by atoms with Crippen LogP contribution in [0.2, 0.25) is 0 Å². The lowest BCUT2D eigenvalue weighted by Gasteiger charge is -1.97. The molecule has 0 radical (unpaired) electrons. The van der Waals surface area contributed by atoms with E-state index in [-0.39, 0.29) is 5.82 Å². The van der Waals surface area contributed by atoms with Gasteiger partial charge in [-0.3, -0.25) is 0 Å². The Kier molecular flexibility index (Phi) is 5.89. The minimum absolute atomic E-state index is 0.207. The van der Waals surface area contributed by atoms with E-state index in [1.807, 2.05) is 41.8 Å². The zero-order valence-electron chi connectivity index (χ0n) is 10.7. The van der Waals surface area contributed by atoms with Crippen molar-refractivity contribution >= 4 is 35.1 Å². The van der Waals surface area contributed by atoms with Gasteiger partial charge in [0.15, 0.2) is 0 Å². The second kappa shape index (κ2) is 7.92. The predicted octanol–water partition coefficient (Wildman–Crippen LogP) is 5.23. The average Bonchev–Trinajstić information content (AvgIpc) is 2.46. The number of hydrogen-bond donors (Lipinski definition) is 1. The summed E-state index contributed by atoms with van der Waals surface area (Å²) in [6.45, 7) is 0. The standard InChI is InChI=1S/C16H14FNS2/c17-14-8-6-13(7-9-14)12-20-11-10-16(19)18-15-4-2-1-3-5-15/h1-11H,12H2,(H,18,19). The molecule has 0 heterocycles. The van der Waals surface area contributed by atoms with Crippen molar-refractivity contribution in [2.75, 3.05) is 0 Å². The van der Waals surface area contributed by atoms with Crippen LogP contribution in [-0.2, 0) is 5.75 Å². The quantitative estimate of drug-likeness (QED) is 0.453. The average molecular weight is 303 g/mol. The van der Waals surface area contributed by atoms with Crippen LogP contribution in [0.3, 0.4) is 0 Å². The third-order valence-corrected chi connectivity index (χ3v) is 3.55. The largest absolute Gasteiger partial charge is 0.242 e. The van der Waals surface area contributed by atoms with Gasteiger partial charge in [-0.25, -0.2) is 9.38 Å². The van der Waals surface area contributed by atoms with Gasteiger partial charge < -0.3 is 0 Å². The second-order valence-electron chi connectivity index (χ2n) is 4.05. The van der Waals surface area contributed by atoms with Crippen molar-refractivity contribution in [1.82, 2.24) is 0 Å². The summed E-state index contributed by atoms with van der Waals surface area (Å²) in [6, 6.07) is 16.2. The van der Waals surface area contributed by atoms with E-state index < -0.39 is 0 Å². The smallest absolute Gasteiger partial charge is 0.123 e. The predicted molar refractivity (Wildman–Crippen MR) is 89.4 cm³/mol. The Morgan fingerprint density at radius 1 is 1.10 bits per heavy atom. The Labute approximate surface area is 128 Å². The first-order valence-electron chi connectivity index (χ1n) is 6.09. The van der Waals surface area contributed by atoms with E-state index in [0.717, 1.165) is 17.0 Å². The number of hydrogen-bond acceptors (Lipinski definition) is 2. The van der Waals surface area contributed by atoms with Gasteiger partial charge in [0.2, 0.25) is 0 Å². The number of thiol groups is 1. The fourth-order valence-corrected chi connectivity index (χ4v) is 2.50. The van der Waals surface area contributed by atoms with Crippen LogP contribution < -0.4 is 0 Å². The zero-order valence-corrected chi connectivity index (χ0v) is 12.4. The van der Waals surface area contributed by atoms with Crippen LogP contribution in [-0.4, -0.2) is 5.04 Å². The molecule has 0 unspecified atom stereocenters. The summed E-state index contributed by atoms with van der Waals surface area (Å²) in [5, 5.41) is 2.60. The van der Waals surface area contributed by atoms with E-state index >= 15 is 0 Å². The number of rotatable bonds is 5. The van der Waals surface area contributed by atoms with Gasteiger partial charge in [0, 0.05) is 5.75 Å². The summed E-state index contributed by atoms with van der Waals surface area (Å²) in [7, 11) is 0. The fourth-order valence-electron chi connectivity index (χ4n) is 1.51. The van der Waals surface area contributed by atoms with Crippen LogP contribution in [0.25, 0.3) is 0 Å². The van der Waals surface area contributed by atoms with Crippen LogP contribution in [0.5, 0.6) is 0 Å². The number of thioether (sulfide) groups is 1. The zero-order chi connectivity index (χ0) is 14.2. The molecule has 0 fully saturated rings. The van der Waals surface area contributed by atoms with Gasteiger partial charge in [0.1, 0.15) is 5.82 Å². The lowest BCUT2D eigenvalue weighted by Crippen LogP contribution is -1.81. The summed E-state index contributed by atoms with van der Waals surface area (Å²) < 4.78 is 12.7. The van der Waals surface area contributed by atoms with Crippen molar-refractivity contribution in [2.24, 2.45) is 4.99 Å². The van der Waals surface area contributed by atoms with Crippen molar-refractivity contribution in [1.29, 1.82) is 0 Å². The molecule has 102 valence electrons. The van der Waals surface area contributed by atoms with Crippen LogP contribution in [0.1, 0.15) is 5.56 Å². The second-order valence-corrected chi connectivity index (χ2v) is 5.40. The third-order valence-electron chi connectivity index (χ3n) is 2.48. The summed E-state index contributed by atoms with van der Waals surface area (Å²) >= 11 is 5.93. The van der Waals surface area contributed by atoms with E-state index in [4.69, 9.17) is 0 Å². The molecule has 0 aliphatic carbocycles. The van der Waals surface area contributed by atoms with E-state index in [9.17, 15) is 4.39 Å². The molecule has 0 saturated heterocycles. The normalized spacial score (nSPS) is 12.0. The van der Waals surface area contributed by atoms with Gasteiger partial charge in [0.25, 0.3) is 0 Å². The molecule has 2 rings (SSSR count). The summed E-state index contributed by atoms with van der Waals surface area (Å²) in [5.74, 6) is 0.588. The SMILES string of the molecule is Fc1ccc(CSC=CC(S)=Nc2ccccc2)cc1. The first kappa shape index (κ1) is 14.9. The Balaban J connectivity index is 1.84. The van der Waals surface area contributed by atoms with Gasteiger partial charge >= 0.3 is 0 Å². The van der Waals surface area contributed by atoms with Crippen molar-refractivity contribution < 1.29 is 4.39 Å². The van der Waals surface area contributed by atoms with Crippen LogP contribution in [0.15, 0.2) is 71.1 Å². The fraction of sp³-hybridized carbons (Fsp3) is 0.0625. The molecule has 2 aromatic rings. The minimum atomic E-state index is -0.207. The van der Waals surface area contributed by atoms with Crippen molar-refractivity contribution in [3.05, 3.63) is 77.5 Å². The van der Waals surface area contributed by atoms with Crippen LogP contribution in [0, 0.1) is 5.82 Å². The maximum Gasteiger partial charge on any atom is 0.123 e. The maximum absolute atomic E-state index is 12.7. The minimum Gasteiger partial charge on any atom is -0.242 e. The van der Waals surface area contributed by atoms with Crippen LogP contribution in [0.4, 0.5) is 10.1 Å². The molecular formula is C16H14FNS2. The first-order valence-corrected chi connectivity index (χ1v) is 7.59. The number of para-hydroxylation sites is 1. The van der Waals surface area contributed by atoms with E-state index in [2.05, 4.69) is 17.6 Å². The lowest BCUT2D eigenvalue weighted by atomic mass is 10.2. The molecule has 0 bridgehead atoms. The molecular weight excluding hydrogens is 289 g/mol. The molecule has 0 saturated carbocycles. The molecule has 0 spiro atoms. The highest BCUT2D eigenvalue weighted by atomic mass is 32.2. The molecule has 4 heteroatoms. The number of aliphatic imine (C=N–C) groups is 1. The van der Waals surface area contributed by atoms with Crippen molar-refractivity contribution in [3.63, 3.8) is 0 Å². The molecule has 0 amide bonds. The highest BCUT2D eigenvalue weighted by Gasteiger charge is 1.93. The number of halogens is 1. The Morgan fingerprint density at radius 3 is 2.50 bits per heavy atom. The molecule has 1 nitrogen and oxygen atoms in total. The molecule has 0 aliphatic heterocycles. The highest BCUT2D eigenvalue weighted by Crippen LogP contribution is 2.15. The highest BCUT2D eigenvalue weighted by molar-refractivity contribution is 8.01. The van der Waals surface area contributed by atoms with Crippen LogP contribution >= 0.6 is 24.4 Å². The Morgan fingerprint density at radius 2 is 1.80 bits per heavy atom. The molecule has 0 aliphatic rings. The van der Waals surface area contributed by atoms with Crippen molar-refractivity contribution in [3.8, 4) is 0 Å². The molecule has 0 N–H and O–H groups in total. The first-order chi connectivity index (χ1) is 9.74. The topological polar surface area (TPSA) is 12.4 Å². The van der Waals surface area contributed by atoms with E-state index in [0.29, 0.717) is 5.04 Å². The van der Waals surface area contributed by atoms with Gasteiger partial charge in [-0.2, -0.15) is 0 Å². The summed E-state index contributed by atoms with van der Waals surface area (Å²) in [6.07, 6.45) is 1.85. The Bertz CT molecular complexity index is 592. The molecule has 0 atom stereocenters. The van der Waals surface area contributed by atoms with Gasteiger partial charge in [-0.05, 0) is 41.3 Å². The maximum atomic E-state index is 12.7. The monoisotopic (exact) mass is 303 g/mol. The summed E-state index contributed by atoms with van der Waals surface area (Å²) in [5.41, 5.74) is 1.97. The van der Waals surface area contributed by atoms with Gasteiger partial charge in [-0.15, -0.1) is 24.4 Å². The number of nitrogens with zero attached hydrogens (tertiary/aromatic N) is 1. The molecule has 0 aromatic heterocycles. The summed E-state index contributed by atoms with van der Waals surface area (Å²) in [4.78, 5) is 4.35. The van der Waals surface area contributed by atoms with Crippen molar-refractivity contribution in [2.45, 2.75) is 5.75 Å². The molecule has 2 aromatic carbocycles.